The molecule has 1 amide bonds. The molecule has 0 radical (unpaired) electrons. The molecule has 8 heteroatoms. The number of carbonyl (C=O) groups is 2. The van der Waals surface area contributed by atoms with Gasteiger partial charge in [0.15, 0.2) is 6.61 Å². The molecule has 1 aromatic rings. The SMILES string of the molecule is CC(C)(C)CC(=O)OCC(=O)Nc1cccc(S(=O)(=O)N2CCCCC2)c1. The Morgan fingerprint density at radius 1 is 1.15 bits per heavy atom. The molecule has 1 fully saturated rings. The first-order chi connectivity index (χ1) is 12.6. The first kappa shape index (κ1) is 21.4. The van der Waals surface area contributed by atoms with Crippen molar-refractivity contribution in [1.82, 2.24) is 4.31 Å². The van der Waals surface area contributed by atoms with Gasteiger partial charge >= 0.3 is 5.97 Å². The van der Waals surface area contributed by atoms with Crippen molar-refractivity contribution in [2.45, 2.75) is 51.3 Å². The van der Waals surface area contributed by atoms with Gasteiger partial charge in [-0.1, -0.05) is 33.3 Å². The molecule has 0 spiro atoms. The number of nitrogens with one attached hydrogen (secondary N) is 1. The summed E-state index contributed by atoms with van der Waals surface area (Å²) in [5, 5.41) is 2.58. The Balaban J connectivity index is 1.97. The predicted octanol–water partition coefficient (Wildman–Crippen LogP) is 2.78. The van der Waals surface area contributed by atoms with Crippen LogP contribution in [0.4, 0.5) is 5.69 Å². The molecule has 2 rings (SSSR count). The average molecular weight is 397 g/mol. The number of carbonyl (C=O) groups excluding carboxylic acids is 2. The van der Waals surface area contributed by atoms with Gasteiger partial charge in [-0.25, -0.2) is 8.42 Å². The monoisotopic (exact) mass is 396 g/mol. The lowest BCUT2D eigenvalue weighted by atomic mass is 9.92. The van der Waals surface area contributed by atoms with Crippen molar-refractivity contribution in [3.8, 4) is 0 Å². The molecule has 1 aliphatic rings. The number of piperidine rings is 1. The van der Waals surface area contributed by atoms with Gasteiger partial charge in [0.05, 0.1) is 11.3 Å². The molecule has 27 heavy (non-hydrogen) atoms. The van der Waals surface area contributed by atoms with Crippen molar-refractivity contribution in [3.63, 3.8) is 0 Å². The summed E-state index contributed by atoms with van der Waals surface area (Å²) in [4.78, 5) is 23.8. The minimum absolute atomic E-state index is 0.145. The second-order valence-corrected chi connectivity index (χ2v) is 9.88. The quantitative estimate of drug-likeness (QED) is 0.747. The molecule has 7 nitrogen and oxygen atoms in total. The summed E-state index contributed by atoms with van der Waals surface area (Å²) in [5.41, 5.74) is 0.134. The summed E-state index contributed by atoms with van der Waals surface area (Å²) in [7, 11) is -3.57. The summed E-state index contributed by atoms with van der Waals surface area (Å²) in [5.74, 6) is -0.955. The molecular formula is C19H28N2O5S. The standard InChI is InChI=1S/C19H28N2O5S/c1-19(2,3)13-18(23)26-14-17(22)20-15-8-7-9-16(12-15)27(24,25)21-10-5-4-6-11-21/h7-9,12H,4-6,10-11,13-14H2,1-3H3,(H,20,22). The molecule has 0 bridgehead atoms. The van der Waals surface area contributed by atoms with Crippen LogP contribution in [-0.2, 0) is 24.3 Å². The van der Waals surface area contributed by atoms with Crippen LogP contribution in [0.2, 0.25) is 0 Å². The number of benzene rings is 1. The zero-order valence-electron chi connectivity index (χ0n) is 16.2. The van der Waals surface area contributed by atoms with Gasteiger partial charge in [0.25, 0.3) is 5.91 Å². The zero-order chi connectivity index (χ0) is 20.1. The molecule has 1 aliphatic heterocycles. The number of amides is 1. The molecule has 0 unspecified atom stereocenters. The highest BCUT2D eigenvalue weighted by Crippen LogP contribution is 2.23. The van der Waals surface area contributed by atoms with Gasteiger partial charge in [-0.15, -0.1) is 0 Å². The van der Waals surface area contributed by atoms with E-state index < -0.39 is 28.5 Å². The Morgan fingerprint density at radius 3 is 2.44 bits per heavy atom. The van der Waals surface area contributed by atoms with Gasteiger partial charge < -0.3 is 10.1 Å². The number of rotatable bonds is 6. The van der Waals surface area contributed by atoms with Crippen LogP contribution >= 0.6 is 0 Å². The molecule has 0 aromatic heterocycles. The van der Waals surface area contributed by atoms with Crippen LogP contribution in [0, 0.1) is 5.41 Å². The van der Waals surface area contributed by atoms with E-state index in [-0.39, 0.29) is 16.7 Å². The van der Waals surface area contributed by atoms with Crippen molar-refractivity contribution in [3.05, 3.63) is 24.3 Å². The minimum atomic E-state index is -3.57. The molecule has 1 N–H and O–H groups in total. The van der Waals surface area contributed by atoms with Gasteiger partial charge in [0.1, 0.15) is 0 Å². The second kappa shape index (κ2) is 8.84. The second-order valence-electron chi connectivity index (χ2n) is 7.94. The largest absolute Gasteiger partial charge is 0.456 e. The van der Waals surface area contributed by atoms with Crippen LogP contribution < -0.4 is 5.32 Å². The van der Waals surface area contributed by atoms with Crippen LogP contribution in [0.15, 0.2) is 29.2 Å². The van der Waals surface area contributed by atoms with Crippen LogP contribution in [0.5, 0.6) is 0 Å². The number of nitrogens with zero attached hydrogens (tertiary/aromatic N) is 1. The highest BCUT2D eigenvalue weighted by atomic mass is 32.2. The van der Waals surface area contributed by atoms with Crippen LogP contribution in [0.3, 0.4) is 0 Å². The Hall–Kier alpha value is -1.93. The smallest absolute Gasteiger partial charge is 0.306 e. The third kappa shape index (κ3) is 6.62. The van der Waals surface area contributed by atoms with E-state index in [9.17, 15) is 18.0 Å². The number of ether oxygens (including phenoxy) is 1. The predicted molar refractivity (Wildman–Crippen MR) is 103 cm³/mol. The molecule has 1 saturated heterocycles. The summed E-state index contributed by atoms with van der Waals surface area (Å²) in [6.45, 7) is 6.34. The normalized spacial score (nSPS) is 16.0. The number of anilines is 1. The maximum atomic E-state index is 12.7. The number of hydrogen-bond acceptors (Lipinski definition) is 5. The van der Waals surface area contributed by atoms with E-state index in [0.717, 1.165) is 19.3 Å². The summed E-state index contributed by atoms with van der Waals surface area (Å²) in [6.07, 6.45) is 2.96. The van der Waals surface area contributed by atoms with Crippen molar-refractivity contribution >= 4 is 27.6 Å². The Morgan fingerprint density at radius 2 is 1.81 bits per heavy atom. The fraction of sp³-hybridized carbons (Fsp3) is 0.579. The molecule has 0 atom stereocenters. The van der Waals surface area contributed by atoms with Gasteiger partial charge in [-0.2, -0.15) is 4.31 Å². The minimum Gasteiger partial charge on any atom is -0.456 e. The molecule has 1 heterocycles. The van der Waals surface area contributed by atoms with E-state index in [2.05, 4.69) is 5.32 Å². The van der Waals surface area contributed by atoms with E-state index in [4.69, 9.17) is 4.74 Å². The van der Waals surface area contributed by atoms with E-state index in [1.165, 1.54) is 16.4 Å². The third-order valence-corrected chi connectivity index (χ3v) is 6.00. The van der Waals surface area contributed by atoms with Crippen LogP contribution in [0.1, 0.15) is 46.5 Å². The topological polar surface area (TPSA) is 92.8 Å². The van der Waals surface area contributed by atoms with Crippen molar-refractivity contribution in [2.24, 2.45) is 5.41 Å². The number of esters is 1. The number of sulfonamides is 1. The Kier molecular flexibility index (Phi) is 7.00. The Labute approximate surface area is 161 Å². The maximum Gasteiger partial charge on any atom is 0.306 e. The highest BCUT2D eigenvalue weighted by molar-refractivity contribution is 7.89. The fourth-order valence-corrected chi connectivity index (χ4v) is 4.38. The first-order valence-electron chi connectivity index (χ1n) is 9.14. The van der Waals surface area contributed by atoms with Crippen LogP contribution in [-0.4, -0.2) is 44.3 Å². The molecule has 1 aromatic carbocycles. The van der Waals surface area contributed by atoms with E-state index in [1.54, 1.807) is 12.1 Å². The lowest BCUT2D eigenvalue weighted by Crippen LogP contribution is -2.35. The van der Waals surface area contributed by atoms with E-state index >= 15 is 0 Å². The van der Waals surface area contributed by atoms with Gasteiger partial charge in [0.2, 0.25) is 10.0 Å². The van der Waals surface area contributed by atoms with Gasteiger partial charge in [0, 0.05) is 18.8 Å². The summed E-state index contributed by atoms with van der Waals surface area (Å²) >= 11 is 0. The zero-order valence-corrected chi connectivity index (χ0v) is 17.0. The fourth-order valence-electron chi connectivity index (χ4n) is 2.82. The van der Waals surface area contributed by atoms with Gasteiger partial charge in [-0.3, -0.25) is 9.59 Å². The molecular weight excluding hydrogens is 368 g/mol. The molecule has 0 aliphatic carbocycles. The molecule has 150 valence electrons. The molecule has 0 saturated carbocycles. The number of hydrogen-bond donors (Lipinski definition) is 1. The van der Waals surface area contributed by atoms with Gasteiger partial charge in [-0.05, 0) is 36.5 Å². The first-order valence-corrected chi connectivity index (χ1v) is 10.6. The maximum absolute atomic E-state index is 12.7. The van der Waals surface area contributed by atoms with Crippen LogP contribution in [0.25, 0.3) is 0 Å². The van der Waals surface area contributed by atoms with E-state index in [1.807, 2.05) is 20.8 Å². The average Bonchev–Trinajstić information content (AvgIpc) is 2.59. The third-order valence-electron chi connectivity index (χ3n) is 4.11. The van der Waals surface area contributed by atoms with Crippen molar-refractivity contribution in [2.75, 3.05) is 25.0 Å². The van der Waals surface area contributed by atoms with Crippen molar-refractivity contribution in [1.29, 1.82) is 0 Å². The highest BCUT2D eigenvalue weighted by Gasteiger charge is 2.26. The lowest BCUT2D eigenvalue weighted by Gasteiger charge is -2.26. The Bertz CT molecular complexity index is 778. The summed E-state index contributed by atoms with van der Waals surface area (Å²) < 4.78 is 31.9. The van der Waals surface area contributed by atoms with Crippen molar-refractivity contribution < 1.29 is 22.7 Å². The van der Waals surface area contributed by atoms with E-state index in [0.29, 0.717) is 18.8 Å². The lowest BCUT2D eigenvalue weighted by molar-refractivity contribution is -0.149. The summed E-state index contributed by atoms with van der Waals surface area (Å²) in [6, 6.07) is 6.13.